The first-order valence-corrected chi connectivity index (χ1v) is 10.1. The van der Waals surface area contributed by atoms with E-state index in [1.54, 1.807) is 23.4 Å². The first-order valence-electron chi connectivity index (χ1n) is 10.1. The fourth-order valence-corrected chi connectivity index (χ4v) is 4.45. The van der Waals surface area contributed by atoms with Crippen molar-refractivity contribution in [3.8, 4) is 5.82 Å². The van der Waals surface area contributed by atoms with E-state index in [-0.39, 0.29) is 5.41 Å². The van der Waals surface area contributed by atoms with Crippen LogP contribution in [0.3, 0.4) is 0 Å². The van der Waals surface area contributed by atoms with E-state index in [4.69, 9.17) is 0 Å². The van der Waals surface area contributed by atoms with Crippen LogP contribution in [0.2, 0.25) is 0 Å². The number of anilines is 2. The highest BCUT2D eigenvalue weighted by atomic mass is 19.4. The topological polar surface area (TPSA) is 75.9 Å². The van der Waals surface area contributed by atoms with Gasteiger partial charge in [-0.2, -0.15) is 18.3 Å². The van der Waals surface area contributed by atoms with E-state index in [1.165, 1.54) is 18.6 Å². The van der Waals surface area contributed by atoms with Gasteiger partial charge < -0.3 is 9.80 Å². The molecule has 3 aromatic heterocycles. The number of piperidine rings is 1. The third-order valence-electron chi connectivity index (χ3n) is 6.25. The predicted octanol–water partition coefficient (Wildman–Crippen LogP) is 2.97. The van der Waals surface area contributed by atoms with E-state index in [0.717, 1.165) is 63.0 Å². The van der Waals surface area contributed by atoms with Crippen LogP contribution in [-0.4, -0.2) is 55.9 Å². The lowest BCUT2D eigenvalue weighted by Crippen LogP contribution is -2.42. The molecule has 5 heterocycles. The van der Waals surface area contributed by atoms with Crippen LogP contribution in [0.5, 0.6) is 0 Å². The highest BCUT2D eigenvalue weighted by Gasteiger charge is 2.41. The molecule has 0 aromatic carbocycles. The molecule has 2 aliphatic rings. The summed E-state index contributed by atoms with van der Waals surface area (Å²) in [5.74, 6) is 1.43. The maximum atomic E-state index is 12.8. The van der Waals surface area contributed by atoms with Crippen molar-refractivity contribution >= 4 is 11.5 Å². The van der Waals surface area contributed by atoms with Crippen LogP contribution in [0.25, 0.3) is 5.82 Å². The normalized spacial score (nSPS) is 18.7. The van der Waals surface area contributed by atoms with Gasteiger partial charge in [-0.3, -0.25) is 4.98 Å². The molecule has 0 atom stereocenters. The molecule has 2 fully saturated rings. The summed E-state index contributed by atoms with van der Waals surface area (Å²) in [6.07, 6.45) is 6.38. The minimum atomic E-state index is -4.41. The number of hydrogen-bond donors (Lipinski definition) is 0. The Bertz CT molecular complexity index is 1030. The minimum absolute atomic E-state index is 0.163. The second-order valence-electron chi connectivity index (χ2n) is 8.13. The van der Waals surface area contributed by atoms with Gasteiger partial charge in [0.25, 0.3) is 0 Å². The van der Waals surface area contributed by atoms with Crippen LogP contribution >= 0.6 is 0 Å². The van der Waals surface area contributed by atoms with Gasteiger partial charge in [0, 0.05) is 26.2 Å². The molecule has 31 heavy (non-hydrogen) atoms. The van der Waals surface area contributed by atoms with E-state index in [9.17, 15) is 13.2 Å². The van der Waals surface area contributed by atoms with Gasteiger partial charge in [0.15, 0.2) is 5.82 Å². The Morgan fingerprint density at radius 3 is 2.26 bits per heavy atom. The summed E-state index contributed by atoms with van der Waals surface area (Å²) in [5.41, 5.74) is 0.0577. The molecule has 3 aromatic rings. The lowest BCUT2D eigenvalue weighted by atomic mass is 9.78. The van der Waals surface area contributed by atoms with Gasteiger partial charge in [0.2, 0.25) is 0 Å². The zero-order chi connectivity index (χ0) is 21.5. The molecule has 2 saturated heterocycles. The summed E-state index contributed by atoms with van der Waals surface area (Å²) in [4.78, 5) is 20.9. The zero-order valence-corrected chi connectivity index (χ0v) is 16.7. The third-order valence-corrected chi connectivity index (χ3v) is 6.25. The lowest BCUT2D eigenvalue weighted by molar-refractivity contribution is -0.141. The number of halogens is 3. The largest absolute Gasteiger partial charge is 0.433 e. The molecule has 8 nitrogen and oxygen atoms in total. The predicted molar refractivity (Wildman–Crippen MR) is 107 cm³/mol. The van der Waals surface area contributed by atoms with Crippen molar-refractivity contribution in [3.05, 3.63) is 49.1 Å². The molecule has 0 aliphatic carbocycles. The number of alkyl halides is 3. The van der Waals surface area contributed by atoms with E-state index in [1.807, 2.05) is 0 Å². The van der Waals surface area contributed by atoms with Crippen LogP contribution in [-0.2, 0) is 6.18 Å². The van der Waals surface area contributed by atoms with Gasteiger partial charge >= 0.3 is 6.18 Å². The minimum Gasteiger partial charge on any atom is -0.370 e. The molecule has 0 N–H and O–H groups in total. The van der Waals surface area contributed by atoms with Crippen molar-refractivity contribution < 1.29 is 13.2 Å². The molecular formula is C20H21F3N8. The van der Waals surface area contributed by atoms with Crippen molar-refractivity contribution in [1.82, 2.24) is 29.7 Å². The summed E-state index contributed by atoms with van der Waals surface area (Å²) in [6, 6.07) is 2.58. The van der Waals surface area contributed by atoms with Gasteiger partial charge in [-0.05, 0) is 36.8 Å². The molecule has 0 bridgehead atoms. The fourth-order valence-electron chi connectivity index (χ4n) is 4.45. The molecule has 5 rings (SSSR count). The smallest absolute Gasteiger partial charge is 0.370 e. The second-order valence-corrected chi connectivity index (χ2v) is 8.13. The molecule has 0 saturated carbocycles. The highest BCUT2D eigenvalue weighted by Crippen LogP contribution is 2.42. The Labute approximate surface area is 176 Å². The monoisotopic (exact) mass is 430 g/mol. The molecular weight excluding hydrogens is 409 g/mol. The summed E-state index contributed by atoms with van der Waals surface area (Å²) in [7, 11) is 0. The first kappa shape index (κ1) is 19.7. The molecule has 1 spiro atoms. The van der Waals surface area contributed by atoms with Crippen molar-refractivity contribution in [2.45, 2.75) is 25.4 Å². The number of pyridine rings is 1. The molecule has 0 radical (unpaired) electrons. The SMILES string of the molecule is FC(F)(F)c1ccc(N2CCC3(CCN(c4cncc(-n5cncn5)n4)CC3)C2)cn1. The number of nitrogens with zero attached hydrogens (tertiary/aromatic N) is 8. The number of aromatic nitrogens is 6. The van der Waals surface area contributed by atoms with Crippen molar-refractivity contribution in [2.75, 3.05) is 36.0 Å². The summed E-state index contributed by atoms with van der Waals surface area (Å²) >= 11 is 0. The lowest BCUT2D eigenvalue weighted by Gasteiger charge is -2.39. The Balaban J connectivity index is 1.23. The van der Waals surface area contributed by atoms with E-state index < -0.39 is 11.9 Å². The van der Waals surface area contributed by atoms with Gasteiger partial charge in [-0.15, -0.1) is 0 Å². The van der Waals surface area contributed by atoms with Gasteiger partial charge in [-0.25, -0.2) is 19.6 Å². The Morgan fingerprint density at radius 2 is 1.61 bits per heavy atom. The van der Waals surface area contributed by atoms with Crippen molar-refractivity contribution in [1.29, 1.82) is 0 Å². The average molecular weight is 430 g/mol. The van der Waals surface area contributed by atoms with Gasteiger partial charge in [-0.1, -0.05) is 0 Å². The van der Waals surface area contributed by atoms with E-state index in [0.29, 0.717) is 5.82 Å². The van der Waals surface area contributed by atoms with Crippen LogP contribution in [0.1, 0.15) is 25.0 Å². The molecule has 0 unspecified atom stereocenters. The third kappa shape index (κ3) is 3.91. The van der Waals surface area contributed by atoms with Gasteiger partial charge in [0.1, 0.15) is 24.2 Å². The molecule has 2 aliphatic heterocycles. The first-order chi connectivity index (χ1) is 14.9. The second kappa shape index (κ2) is 7.47. The molecule has 162 valence electrons. The zero-order valence-electron chi connectivity index (χ0n) is 16.7. The average Bonchev–Trinajstić information content (AvgIpc) is 3.45. The fraction of sp³-hybridized carbons (Fsp3) is 0.450. The van der Waals surface area contributed by atoms with E-state index >= 15 is 0 Å². The Kier molecular flexibility index (Phi) is 4.75. The standard InChI is InChI=1S/C20H21F3N8/c21-20(22,23)16-2-1-15(9-26-16)30-8-5-19(12-30)3-6-29(7-4-19)17-10-24-11-18(28-17)31-14-25-13-27-31/h1-2,9-11,13-14H,3-8,12H2. The summed E-state index contributed by atoms with van der Waals surface area (Å²) in [6.45, 7) is 3.37. The van der Waals surface area contributed by atoms with Crippen molar-refractivity contribution in [3.63, 3.8) is 0 Å². The van der Waals surface area contributed by atoms with Crippen molar-refractivity contribution in [2.24, 2.45) is 5.41 Å². The maximum absolute atomic E-state index is 12.8. The summed E-state index contributed by atoms with van der Waals surface area (Å²) < 4.78 is 39.9. The number of hydrogen-bond acceptors (Lipinski definition) is 7. The Morgan fingerprint density at radius 1 is 0.871 bits per heavy atom. The van der Waals surface area contributed by atoms with Crippen LogP contribution in [0.15, 0.2) is 43.4 Å². The Hall–Kier alpha value is -3.24. The molecule has 11 heteroatoms. The quantitative estimate of drug-likeness (QED) is 0.632. The van der Waals surface area contributed by atoms with Crippen LogP contribution in [0.4, 0.5) is 24.7 Å². The van der Waals surface area contributed by atoms with Crippen LogP contribution < -0.4 is 9.80 Å². The number of rotatable bonds is 3. The molecule has 0 amide bonds. The van der Waals surface area contributed by atoms with Crippen LogP contribution in [0, 0.1) is 5.41 Å². The van der Waals surface area contributed by atoms with Gasteiger partial charge in [0.05, 0.1) is 24.3 Å². The maximum Gasteiger partial charge on any atom is 0.433 e. The highest BCUT2D eigenvalue weighted by molar-refractivity contribution is 5.47. The summed E-state index contributed by atoms with van der Waals surface area (Å²) in [5, 5.41) is 4.10. The van der Waals surface area contributed by atoms with E-state index in [2.05, 4.69) is 34.8 Å².